The minimum Gasteiger partial charge on any atom is -0.456 e. The topological polar surface area (TPSA) is 51.8 Å². The van der Waals surface area contributed by atoms with Gasteiger partial charge in [-0.2, -0.15) is 0 Å². The first kappa shape index (κ1) is 29.5. The number of fused-ring (bicyclic) bond motifs is 3. The SMILES string of the molecule is Cc1cccc(-c2ccc(-c3nc(-c4ccccc4)nc(-c4cc5oc6cccc(-c7ccccc7)c6c5cc4-c4ccccc4)n3)cc2)c1. The summed E-state index contributed by atoms with van der Waals surface area (Å²) in [5.41, 5.74) is 12.3. The van der Waals surface area contributed by atoms with Gasteiger partial charge in [0.2, 0.25) is 0 Å². The van der Waals surface area contributed by atoms with Crippen molar-refractivity contribution in [3.8, 4) is 67.5 Å². The summed E-state index contributed by atoms with van der Waals surface area (Å²) in [5.74, 6) is 1.81. The monoisotopic (exact) mass is 641 g/mol. The van der Waals surface area contributed by atoms with Crippen molar-refractivity contribution in [2.24, 2.45) is 0 Å². The number of furan rings is 1. The highest BCUT2D eigenvalue weighted by atomic mass is 16.3. The van der Waals surface area contributed by atoms with Gasteiger partial charge in [-0.3, -0.25) is 0 Å². The highest BCUT2D eigenvalue weighted by Gasteiger charge is 2.20. The molecule has 4 nitrogen and oxygen atoms in total. The molecule has 9 rings (SSSR count). The zero-order valence-electron chi connectivity index (χ0n) is 27.4. The molecule has 2 aromatic heterocycles. The second-order valence-corrected chi connectivity index (χ2v) is 12.5. The Hall–Kier alpha value is -6.65. The maximum atomic E-state index is 6.59. The zero-order valence-corrected chi connectivity index (χ0v) is 27.4. The molecule has 50 heavy (non-hydrogen) atoms. The van der Waals surface area contributed by atoms with Gasteiger partial charge < -0.3 is 4.42 Å². The zero-order chi connectivity index (χ0) is 33.4. The van der Waals surface area contributed by atoms with E-state index in [1.165, 1.54) is 11.1 Å². The molecule has 7 aromatic carbocycles. The number of hydrogen-bond donors (Lipinski definition) is 0. The summed E-state index contributed by atoms with van der Waals surface area (Å²) in [4.78, 5) is 15.3. The van der Waals surface area contributed by atoms with Crippen LogP contribution in [0.5, 0.6) is 0 Å². The van der Waals surface area contributed by atoms with Crippen LogP contribution in [0.4, 0.5) is 0 Å². The van der Waals surface area contributed by atoms with E-state index < -0.39 is 0 Å². The minimum absolute atomic E-state index is 0.584. The Bertz CT molecular complexity index is 2630. The Morgan fingerprint density at radius 1 is 0.360 bits per heavy atom. The molecule has 2 heterocycles. The molecule has 0 spiro atoms. The Labute approximate surface area is 290 Å². The predicted molar refractivity (Wildman–Crippen MR) is 204 cm³/mol. The van der Waals surface area contributed by atoms with Crippen LogP contribution < -0.4 is 0 Å². The normalized spacial score (nSPS) is 11.3. The molecular weight excluding hydrogens is 611 g/mol. The number of rotatable bonds is 6. The van der Waals surface area contributed by atoms with Crippen molar-refractivity contribution in [2.45, 2.75) is 6.92 Å². The smallest absolute Gasteiger partial charge is 0.164 e. The van der Waals surface area contributed by atoms with Crippen LogP contribution in [0.2, 0.25) is 0 Å². The van der Waals surface area contributed by atoms with Crippen molar-refractivity contribution >= 4 is 21.9 Å². The molecule has 0 amide bonds. The fourth-order valence-electron chi connectivity index (χ4n) is 6.75. The Balaban J connectivity index is 1.27. The molecule has 236 valence electrons. The third-order valence-electron chi connectivity index (χ3n) is 9.21. The lowest BCUT2D eigenvalue weighted by Crippen LogP contribution is -2.01. The van der Waals surface area contributed by atoms with E-state index in [0.29, 0.717) is 17.5 Å². The lowest BCUT2D eigenvalue weighted by molar-refractivity contribution is 0.669. The molecule has 0 bridgehead atoms. The maximum absolute atomic E-state index is 6.59. The second-order valence-electron chi connectivity index (χ2n) is 12.5. The van der Waals surface area contributed by atoms with E-state index in [1.54, 1.807) is 0 Å². The van der Waals surface area contributed by atoms with E-state index in [-0.39, 0.29) is 0 Å². The van der Waals surface area contributed by atoms with Gasteiger partial charge in [-0.25, -0.2) is 15.0 Å². The van der Waals surface area contributed by atoms with Crippen molar-refractivity contribution in [3.63, 3.8) is 0 Å². The molecule has 4 heteroatoms. The van der Waals surface area contributed by atoms with Crippen LogP contribution >= 0.6 is 0 Å². The van der Waals surface area contributed by atoms with Crippen LogP contribution in [0.15, 0.2) is 174 Å². The van der Waals surface area contributed by atoms with Crippen molar-refractivity contribution in [1.82, 2.24) is 15.0 Å². The fraction of sp³-hybridized carbons (Fsp3) is 0.0217. The molecule has 0 N–H and O–H groups in total. The van der Waals surface area contributed by atoms with Gasteiger partial charge in [-0.1, -0.05) is 157 Å². The molecule has 0 fully saturated rings. The van der Waals surface area contributed by atoms with Gasteiger partial charge in [0.15, 0.2) is 17.5 Å². The molecule has 0 unspecified atom stereocenters. The average Bonchev–Trinajstić information content (AvgIpc) is 3.56. The van der Waals surface area contributed by atoms with E-state index in [4.69, 9.17) is 19.4 Å². The molecule has 0 aliphatic heterocycles. The molecule has 9 aromatic rings. The van der Waals surface area contributed by atoms with Crippen LogP contribution in [0, 0.1) is 6.92 Å². The van der Waals surface area contributed by atoms with Crippen LogP contribution in [0.3, 0.4) is 0 Å². The first-order valence-corrected chi connectivity index (χ1v) is 16.8. The van der Waals surface area contributed by atoms with Gasteiger partial charge in [0.1, 0.15) is 11.2 Å². The number of aryl methyl sites for hydroxylation is 1. The fourth-order valence-corrected chi connectivity index (χ4v) is 6.75. The Morgan fingerprint density at radius 2 is 0.900 bits per heavy atom. The van der Waals surface area contributed by atoms with Crippen molar-refractivity contribution in [3.05, 3.63) is 175 Å². The van der Waals surface area contributed by atoms with E-state index in [1.807, 2.05) is 48.5 Å². The number of benzene rings is 7. The van der Waals surface area contributed by atoms with E-state index in [9.17, 15) is 0 Å². The standard InChI is InChI=1S/C46H31N3O/c1-30-13-11-20-36(27-30)31-23-25-35(26-24-31)45-47-44(34-18-9-4-10-19-34)48-46(49-45)39-29-42-40(28-38(39)33-16-7-3-8-17-33)43-37(21-12-22-41(43)50-42)32-14-5-2-6-15-32/h2-29H,1H3. The largest absolute Gasteiger partial charge is 0.456 e. The quantitative estimate of drug-likeness (QED) is 0.181. The Kier molecular flexibility index (Phi) is 7.33. The van der Waals surface area contributed by atoms with E-state index in [2.05, 4.69) is 128 Å². The molecule has 0 atom stereocenters. The highest BCUT2D eigenvalue weighted by molar-refractivity contribution is 6.14. The molecule has 0 aliphatic rings. The summed E-state index contributed by atoms with van der Waals surface area (Å²) in [6.45, 7) is 2.11. The minimum atomic E-state index is 0.584. The predicted octanol–water partition coefficient (Wildman–Crippen LogP) is 12.1. The molecular formula is C46H31N3O. The summed E-state index contributed by atoms with van der Waals surface area (Å²) in [6, 6.07) is 58.6. The second kappa shape index (κ2) is 12.4. The van der Waals surface area contributed by atoms with Gasteiger partial charge >= 0.3 is 0 Å². The summed E-state index contributed by atoms with van der Waals surface area (Å²) >= 11 is 0. The van der Waals surface area contributed by atoms with Gasteiger partial charge in [0.25, 0.3) is 0 Å². The van der Waals surface area contributed by atoms with Gasteiger partial charge in [-0.15, -0.1) is 0 Å². The van der Waals surface area contributed by atoms with Crippen LogP contribution in [-0.2, 0) is 0 Å². The third kappa shape index (κ3) is 5.43. The summed E-state index contributed by atoms with van der Waals surface area (Å²) in [7, 11) is 0. The Morgan fingerprint density at radius 3 is 1.56 bits per heavy atom. The summed E-state index contributed by atoms with van der Waals surface area (Å²) in [5, 5.41) is 2.14. The third-order valence-corrected chi connectivity index (χ3v) is 9.21. The highest BCUT2D eigenvalue weighted by Crippen LogP contribution is 2.42. The molecule has 0 saturated carbocycles. The van der Waals surface area contributed by atoms with Crippen LogP contribution in [-0.4, -0.2) is 15.0 Å². The van der Waals surface area contributed by atoms with E-state index in [0.717, 1.165) is 66.4 Å². The van der Waals surface area contributed by atoms with Crippen LogP contribution in [0.25, 0.3) is 89.5 Å². The van der Waals surface area contributed by atoms with Crippen molar-refractivity contribution in [1.29, 1.82) is 0 Å². The van der Waals surface area contributed by atoms with Crippen molar-refractivity contribution in [2.75, 3.05) is 0 Å². The average molecular weight is 642 g/mol. The first-order valence-electron chi connectivity index (χ1n) is 16.8. The number of hydrogen-bond acceptors (Lipinski definition) is 4. The van der Waals surface area contributed by atoms with Gasteiger partial charge in [0.05, 0.1) is 0 Å². The molecule has 0 aliphatic carbocycles. The number of nitrogens with zero attached hydrogens (tertiary/aromatic N) is 3. The lowest BCUT2D eigenvalue weighted by Gasteiger charge is -2.13. The maximum Gasteiger partial charge on any atom is 0.164 e. The molecule has 0 saturated heterocycles. The van der Waals surface area contributed by atoms with Gasteiger partial charge in [-0.05, 0) is 58.5 Å². The van der Waals surface area contributed by atoms with Crippen LogP contribution in [0.1, 0.15) is 5.56 Å². The number of aromatic nitrogens is 3. The summed E-state index contributed by atoms with van der Waals surface area (Å²) in [6.07, 6.45) is 0. The molecule has 0 radical (unpaired) electrons. The first-order chi connectivity index (χ1) is 24.7. The van der Waals surface area contributed by atoms with Gasteiger partial charge in [0, 0.05) is 27.5 Å². The van der Waals surface area contributed by atoms with E-state index >= 15 is 0 Å². The summed E-state index contributed by atoms with van der Waals surface area (Å²) < 4.78 is 6.59. The van der Waals surface area contributed by atoms with Crippen molar-refractivity contribution < 1.29 is 4.42 Å². The lowest BCUT2D eigenvalue weighted by atomic mass is 9.94.